The van der Waals surface area contributed by atoms with Crippen LogP contribution < -0.4 is 10.6 Å². The molecule has 1 atom stereocenters. The lowest BCUT2D eigenvalue weighted by Crippen LogP contribution is -2.44. The standard InChI is InChI=1S/C16H20F3N3O4/c1-15(2,16(17,18)19)26-14(25)22-10-6-12-11(21-8-10)5-9(7-20-12)3-4-13(23)24/h6,8-9,20H,3-5,7H2,1-2H3,(H,22,25)(H,23,24). The van der Waals surface area contributed by atoms with Gasteiger partial charge in [-0.15, -0.1) is 0 Å². The molecule has 10 heteroatoms. The Bertz CT molecular complexity index is 692. The van der Waals surface area contributed by atoms with Crippen molar-refractivity contribution in [1.29, 1.82) is 0 Å². The van der Waals surface area contributed by atoms with Gasteiger partial charge in [-0.1, -0.05) is 0 Å². The van der Waals surface area contributed by atoms with Crippen molar-refractivity contribution in [2.45, 2.75) is 44.9 Å². The van der Waals surface area contributed by atoms with Crippen molar-refractivity contribution in [3.8, 4) is 0 Å². The van der Waals surface area contributed by atoms with Crippen molar-refractivity contribution < 1.29 is 32.6 Å². The van der Waals surface area contributed by atoms with Crippen molar-refractivity contribution in [3.63, 3.8) is 0 Å². The Morgan fingerprint density at radius 1 is 1.42 bits per heavy atom. The minimum absolute atomic E-state index is 0.0716. The van der Waals surface area contributed by atoms with Crippen LogP contribution in [0.3, 0.4) is 0 Å². The largest absolute Gasteiger partial charge is 0.481 e. The first kappa shape index (κ1) is 19.8. The lowest BCUT2D eigenvalue weighted by Gasteiger charge is -2.28. The molecule has 3 N–H and O–H groups in total. The molecule has 26 heavy (non-hydrogen) atoms. The quantitative estimate of drug-likeness (QED) is 0.729. The van der Waals surface area contributed by atoms with Crippen LogP contribution in [0.1, 0.15) is 32.4 Å². The molecule has 0 spiro atoms. The number of amides is 1. The summed E-state index contributed by atoms with van der Waals surface area (Å²) in [5.41, 5.74) is -1.07. The Labute approximate surface area is 147 Å². The van der Waals surface area contributed by atoms with Gasteiger partial charge in [0.2, 0.25) is 5.60 Å². The molecule has 0 saturated carbocycles. The topological polar surface area (TPSA) is 101 Å². The molecule has 0 aromatic carbocycles. The number of aliphatic carboxylic acids is 1. The summed E-state index contributed by atoms with van der Waals surface area (Å²) in [6, 6.07) is 1.55. The highest BCUT2D eigenvalue weighted by molar-refractivity contribution is 5.85. The molecule has 7 nitrogen and oxygen atoms in total. The van der Waals surface area contributed by atoms with Crippen LogP contribution in [0.2, 0.25) is 0 Å². The normalized spacial score (nSPS) is 17.0. The monoisotopic (exact) mass is 375 g/mol. The maximum absolute atomic E-state index is 12.7. The van der Waals surface area contributed by atoms with Crippen LogP contribution in [0.4, 0.5) is 29.3 Å². The Hall–Kier alpha value is -2.52. The number of pyridine rings is 1. The van der Waals surface area contributed by atoms with Gasteiger partial charge in [0.25, 0.3) is 0 Å². The van der Waals surface area contributed by atoms with E-state index in [0.29, 0.717) is 30.8 Å². The van der Waals surface area contributed by atoms with Crippen LogP contribution >= 0.6 is 0 Å². The van der Waals surface area contributed by atoms with Crippen LogP contribution in [0.25, 0.3) is 0 Å². The van der Waals surface area contributed by atoms with Crippen molar-refractivity contribution >= 4 is 23.4 Å². The van der Waals surface area contributed by atoms with E-state index in [0.717, 1.165) is 13.8 Å². The molecule has 144 valence electrons. The number of carbonyl (C=O) groups excluding carboxylic acids is 1. The summed E-state index contributed by atoms with van der Waals surface area (Å²) in [5.74, 6) is -0.731. The third-order valence-corrected chi connectivity index (χ3v) is 4.08. The van der Waals surface area contributed by atoms with E-state index < -0.39 is 23.8 Å². The van der Waals surface area contributed by atoms with E-state index in [-0.39, 0.29) is 18.0 Å². The average Bonchev–Trinajstić information content (AvgIpc) is 2.51. The number of hydrogen-bond donors (Lipinski definition) is 3. The second-order valence-corrected chi connectivity index (χ2v) is 6.62. The van der Waals surface area contributed by atoms with E-state index >= 15 is 0 Å². The second-order valence-electron chi connectivity index (χ2n) is 6.62. The number of carboxylic acids is 1. The molecule has 0 radical (unpaired) electrons. The minimum atomic E-state index is -4.69. The molecule has 1 amide bonds. The number of anilines is 2. The number of carboxylic acid groups (broad SMARTS) is 1. The first-order chi connectivity index (χ1) is 12.0. The second kappa shape index (κ2) is 7.38. The number of carbonyl (C=O) groups is 2. The van der Waals surface area contributed by atoms with E-state index in [1.54, 1.807) is 6.07 Å². The molecule has 1 unspecified atom stereocenters. The molecular weight excluding hydrogens is 355 g/mol. The summed E-state index contributed by atoms with van der Waals surface area (Å²) in [4.78, 5) is 26.5. The Morgan fingerprint density at radius 2 is 2.12 bits per heavy atom. The molecule has 0 saturated heterocycles. The Morgan fingerprint density at radius 3 is 2.73 bits per heavy atom. The fourth-order valence-electron chi connectivity index (χ4n) is 2.44. The molecule has 2 rings (SSSR count). The lowest BCUT2D eigenvalue weighted by molar-refractivity contribution is -0.242. The van der Waals surface area contributed by atoms with E-state index in [1.165, 1.54) is 6.20 Å². The van der Waals surface area contributed by atoms with Gasteiger partial charge in [0.1, 0.15) is 0 Å². The van der Waals surface area contributed by atoms with Gasteiger partial charge in [-0.05, 0) is 38.7 Å². The number of ether oxygens (including phenoxy) is 1. The van der Waals surface area contributed by atoms with Crippen molar-refractivity contribution in [3.05, 3.63) is 18.0 Å². The van der Waals surface area contributed by atoms with Crippen molar-refractivity contribution in [2.24, 2.45) is 5.92 Å². The molecule has 2 heterocycles. The SMILES string of the molecule is CC(C)(OC(=O)Nc1cnc2c(c1)NCC(CCC(=O)O)C2)C(F)(F)F. The zero-order valence-electron chi connectivity index (χ0n) is 14.3. The number of alkyl halides is 3. The Balaban J connectivity index is 1.97. The van der Waals surface area contributed by atoms with Crippen LogP contribution in [0, 0.1) is 5.92 Å². The minimum Gasteiger partial charge on any atom is -0.481 e. The van der Waals surface area contributed by atoms with Gasteiger partial charge in [-0.3, -0.25) is 15.1 Å². The van der Waals surface area contributed by atoms with Gasteiger partial charge in [-0.2, -0.15) is 13.2 Å². The number of aromatic nitrogens is 1. The maximum atomic E-state index is 12.7. The number of nitrogens with one attached hydrogen (secondary N) is 2. The summed E-state index contributed by atoms with van der Waals surface area (Å²) in [6.45, 7) is 2.07. The van der Waals surface area contributed by atoms with Crippen molar-refractivity contribution in [2.75, 3.05) is 17.2 Å². The Kier molecular flexibility index (Phi) is 5.62. The highest BCUT2D eigenvalue weighted by atomic mass is 19.4. The van der Waals surface area contributed by atoms with E-state index in [4.69, 9.17) is 5.11 Å². The van der Waals surface area contributed by atoms with Crippen LogP contribution in [-0.2, 0) is 16.0 Å². The first-order valence-electron chi connectivity index (χ1n) is 7.99. The summed E-state index contributed by atoms with van der Waals surface area (Å²) in [6.07, 6.45) is -3.43. The third kappa shape index (κ3) is 4.99. The fraction of sp³-hybridized carbons (Fsp3) is 0.562. The predicted molar refractivity (Wildman–Crippen MR) is 87.0 cm³/mol. The van der Waals surface area contributed by atoms with Crippen LogP contribution in [0.5, 0.6) is 0 Å². The zero-order chi connectivity index (χ0) is 19.5. The molecule has 1 aliphatic heterocycles. The summed E-state index contributed by atoms with van der Waals surface area (Å²) in [5, 5.41) is 14.1. The van der Waals surface area contributed by atoms with Gasteiger partial charge in [0, 0.05) is 13.0 Å². The predicted octanol–water partition coefficient (Wildman–Crippen LogP) is 3.42. The van der Waals surface area contributed by atoms with E-state index in [2.05, 4.69) is 20.4 Å². The molecule has 0 fully saturated rings. The molecule has 1 aliphatic rings. The number of hydrogen-bond acceptors (Lipinski definition) is 5. The first-order valence-corrected chi connectivity index (χ1v) is 7.99. The number of fused-ring (bicyclic) bond motifs is 1. The smallest absolute Gasteiger partial charge is 0.427 e. The fourth-order valence-corrected chi connectivity index (χ4v) is 2.44. The molecular formula is C16H20F3N3O4. The number of nitrogens with zero attached hydrogens (tertiary/aromatic N) is 1. The van der Waals surface area contributed by atoms with Gasteiger partial charge in [0.15, 0.2) is 0 Å². The third-order valence-electron chi connectivity index (χ3n) is 4.08. The molecule has 0 aliphatic carbocycles. The maximum Gasteiger partial charge on any atom is 0.427 e. The molecule has 1 aromatic rings. The highest BCUT2D eigenvalue weighted by Gasteiger charge is 2.51. The van der Waals surface area contributed by atoms with E-state index in [9.17, 15) is 22.8 Å². The number of rotatable bonds is 5. The van der Waals surface area contributed by atoms with Gasteiger partial charge in [0.05, 0.1) is 23.3 Å². The summed E-state index contributed by atoms with van der Waals surface area (Å²) < 4.78 is 42.7. The summed E-state index contributed by atoms with van der Waals surface area (Å²) in [7, 11) is 0. The van der Waals surface area contributed by atoms with Crippen LogP contribution in [0.15, 0.2) is 12.3 Å². The van der Waals surface area contributed by atoms with Crippen LogP contribution in [-0.4, -0.2) is 40.5 Å². The van der Waals surface area contributed by atoms with Gasteiger partial charge < -0.3 is 15.2 Å². The summed E-state index contributed by atoms with van der Waals surface area (Å²) >= 11 is 0. The molecule has 0 bridgehead atoms. The van der Waals surface area contributed by atoms with Crippen molar-refractivity contribution in [1.82, 2.24) is 4.98 Å². The zero-order valence-corrected chi connectivity index (χ0v) is 14.3. The van der Waals surface area contributed by atoms with Gasteiger partial charge in [-0.25, -0.2) is 4.79 Å². The van der Waals surface area contributed by atoms with E-state index in [1.807, 2.05) is 0 Å². The average molecular weight is 375 g/mol. The van der Waals surface area contributed by atoms with Gasteiger partial charge >= 0.3 is 18.2 Å². The molecule has 1 aromatic heterocycles. The lowest BCUT2D eigenvalue weighted by atomic mass is 9.93. The highest BCUT2D eigenvalue weighted by Crippen LogP contribution is 2.33. The number of halogens is 3.